The van der Waals surface area contributed by atoms with E-state index in [0.717, 1.165) is 42.9 Å². The van der Waals surface area contributed by atoms with E-state index >= 15 is 0 Å². The quantitative estimate of drug-likeness (QED) is 0.523. The van der Waals surface area contributed by atoms with Crippen LogP contribution in [0.2, 0.25) is 10.0 Å². The third-order valence-electron chi connectivity index (χ3n) is 6.11. The first-order chi connectivity index (χ1) is 15.0. The second-order valence-electron chi connectivity index (χ2n) is 8.59. The minimum absolute atomic E-state index is 0.0789. The summed E-state index contributed by atoms with van der Waals surface area (Å²) in [7, 11) is 0. The lowest BCUT2D eigenvalue weighted by molar-refractivity contribution is 0.0880. The summed E-state index contributed by atoms with van der Waals surface area (Å²) in [5, 5.41) is 6.72. The summed E-state index contributed by atoms with van der Waals surface area (Å²) in [6.45, 7) is 0.385. The van der Waals surface area contributed by atoms with E-state index in [-0.39, 0.29) is 28.6 Å². The molecular weight excluding hydrogens is 453 g/mol. The van der Waals surface area contributed by atoms with Gasteiger partial charge in [-0.3, -0.25) is 9.59 Å². The van der Waals surface area contributed by atoms with Gasteiger partial charge in [-0.05, 0) is 62.1 Å². The van der Waals surface area contributed by atoms with Crippen molar-refractivity contribution in [2.45, 2.75) is 57.4 Å². The number of aromatic nitrogens is 1. The Morgan fingerprint density at radius 3 is 2.58 bits per heavy atom. The zero-order chi connectivity index (χ0) is 21.8. The van der Waals surface area contributed by atoms with Gasteiger partial charge in [-0.1, -0.05) is 42.5 Å². The highest BCUT2D eigenvalue weighted by atomic mass is 35.5. The van der Waals surface area contributed by atoms with Gasteiger partial charge >= 0.3 is 0 Å². The molecule has 2 aromatic heterocycles. The van der Waals surface area contributed by atoms with Gasteiger partial charge in [0, 0.05) is 23.7 Å². The fourth-order valence-electron chi connectivity index (χ4n) is 4.20. The summed E-state index contributed by atoms with van der Waals surface area (Å²) in [5.74, 6) is 0.700. The molecule has 2 N–H and O–H groups in total. The molecule has 2 aliphatic carbocycles. The van der Waals surface area contributed by atoms with Crippen LogP contribution in [-0.4, -0.2) is 29.4 Å². The summed E-state index contributed by atoms with van der Waals surface area (Å²) in [6, 6.07) is 5.31. The van der Waals surface area contributed by atoms with Crippen LogP contribution < -0.4 is 10.6 Å². The molecule has 2 aromatic rings. The van der Waals surface area contributed by atoms with Crippen LogP contribution in [0.1, 0.15) is 70.0 Å². The predicted molar refractivity (Wildman–Crippen MR) is 125 cm³/mol. The van der Waals surface area contributed by atoms with Gasteiger partial charge in [-0.15, -0.1) is 11.3 Å². The average Bonchev–Trinajstić information content (AvgIpc) is 3.45. The van der Waals surface area contributed by atoms with E-state index in [1.807, 2.05) is 6.07 Å². The molecule has 0 spiro atoms. The first kappa shape index (κ1) is 22.6. The molecule has 2 aliphatic rings. The molecule has 0 saturated heterocycles. The fourth-order valence-corrected chi connectivity index (χ4v) is 5.70. The van der Waals surface area contributed by atoms with Crippen LogP contribution in [0.15, 0.2) is 24.4 Å². The molecule has 1 unspecified atom stereocenters. The van der Waals surface area contributed by atoms with E-state index in [1.165, 1.54) is 36.4 Å². The first-order valence-corrected chi connectivity index (χ1v) is 12.6. The highest BCUT2D eigenvalue weighted by Gasteiger charge is 2.28. The molecule has 0 aliphatic heterocycles. The first-order valence-electron chi connectivity index (χ1n) is 11.0. The van der Waals surface area contributed by atoms with E-state index in [9.17, 15) is 9.59 Å². The van der Waals surface area contributed by atoms with Gasteiger partial charge in [0.25, 0.3) is 11.8 Å². The van der Waals surface area contributed by atoms with Crippen LogP contribution in [0.25, 0.3) is 0 Å². The van der Waals surface area contributed by atoms with Crippen LogP contribution in [0.5, 0.6) is 0 Å². The minimum atomic E-state index is -0.339. The molecule has 0 bridgehead atoms. The predicted octanol–water partition coefficient (Wildman–Crippen LogP) is 5.51. The Hall–Kier alpha value is -1.63. The van der Waals surface area contributed by atoms with Crippen molar-refractivity contribution in [3.05, 3.63) is 49.9 Å². The number of amides is 2. The Balaban J connectivity index is 1.40. The molecule has 31 heavy (non-hydrogen) atoms. The van der Waals surface area contributed by atoms with Gasteiger partial charge in [0.2, 0.25) is 0 Å². The van der Waals surface area contributed by atoms with Crippen LogP contribution in [0.4, 0.5) is 0 Å². The smallest absolute Gasteiger partial charge is 0.271 e. The lowest BCUT2D eigenvalue weighted by Crippen LogP contribution is -2.48. The normalized spacial score (nSPS) is 17.9. The second kappa shape index (κ2) is 10.3. The van der Waals surface area contributed by atoms with E-state index in [2.05, 4.69) is 21.7 Å². The van der Waals surface area contributed by atoms with Crippen molar-refractivity contribution in [3.63, 3.8) is 0 Å². The number of halogens is 2. The highest BCUT2D eigenvalue weighted by molar-refractivity contribution is 7.14. The number of hydrogen-bond donors (Lipinski definition) is 2. The van der Waals surface area contributed by atoms with E-state index in [0.29, 0.717) is 17.5 Å². The molecule has 4 rings (SSSR count). The lowest BCUT2D eigenvalue weighted by atomic mass is 9.83. The van der Waals surface area contributed by atoms with E-state index in [4.69, 9.17) is 23.2 Å². The molecule has 2 fully saturated rings. The molecule has 1 atom stereocenters. The van der Waals surface area contributed by atoms with E-state index in [1.54, 1.807) is 11.3 Å². The molecule has 5 nitrogen and oxygen atoms in total. The van der Waals surface area contributed by atoms with Gasteiger partial charge in [0.1, 0.15) is 5.69 Å². The van der Waals surface area contributed by atoms with Crippen molar-refractivity contribution in [3.8, 4) is 0 Å². The molecule has 2 amide bonds. The third-order valence-corrected chi connectivity index (χ3v) is 7.71. The number of nitrogens with one attached hydrogen (secondary N) is 2. The van der Waals surface area contributed by atoms with Crippen molar-refractivity contribution in [1.29, 1.82) is 0 Å². The molecule has 2 saturated carbocycles. The minimum Gasteiger partial charge on any atom is -0.349 e. The maximum absolute atomic E-state index is 12.8. The topological polar surface area (TPSA) is 71.1 Å². The number of pyridine rings is 1. The summed E-state index contributed by atoms with van der Waals surface area (Å²) in [5.41, 5.74) is 0.154. The zero-order valence-electron chi connectivity index (χ0n) is 17.3. The van der Waals surface area contributed by atoms with Crippen molar-refractivity contribution in [1.82, 2.24) is 15.6 Å². The Morgan fingerprint density at radius 1 is 1.10 bits per heavy atom. The summed E-state index contributed by atoms with van der Waals surface area (Å²) < 4.78 is 0. The zero-order valence-corrected chi connectivity index (χ0v) is 19.7. The fraction of sp³-hybridized carbons (Fsp3) is 0.522. The van der Waals surface area contributed by atoms with Crippen molar-refractivity contribution < 1.29 is 9.59 Å². The molecule has 166 valence electrons. The van der Waals surface area contributed by atoms with Crippen LogP contribution >= 0.6 is 34.5 Å². The highest BCUT2D eigenvalue weighted by Crippen LogP contribution is 2.34. The second-order valence-corrected chi connectivity index (χ2v) is 10.6. The molecular formula is C23H27Cl2N3O2S. The molecule has 2 heterocycles. The standard InChI is InChI=1S/C23H27Cl2N3O2S/c24-16-11-18(25)21(26-12-16)23(30)28-19(15-4-2-1-3-5-15)13-27-22(29)20-9-8-17(31-20)10-14-6-7-14/h8-9,11-12,14-15,19H,1-7,10,13H2,(H,27,29)(H,28,30). The molecule has 0 aromatic carbocycles. The summed E-state index contributed by atoms with van der Waals surface area (Å²) >= 11 is 13.6. The number of thiophene rings is 1. The summed E-state index contributed by atoms with van der Waals surface area (Å²) in [4.78, 5) is 31.7. The number of carbonyl (C=O) groups excluding carboxylic acids is 2. The van der Waals surface area contributed by atoms with Gasteiger partial charge in [-0.2, -0.15) is 0 Å². The monoisotopic (exact) mass is 479 g/mol. The van der Waals surface area contributed by atoms with Crippen LogP contribution in [0.3, 0.4) is 0 Å². The Morgan fingerprint density at radius 2 is 1.87 bits per heavy atom. The van der Waals surface area contributed by atoms with Gasteiger partial charge in [-0.25, -0.2) is 4.98 Å². The average molecular weight is 480 g/mol. The number of hydrogen-bond acceptors (Lipinski definition) is 4. The van der Waals surface area contributed by atoms with Crippen LogP contribution in [0, 0.1) is 11.8 Å². The number of carbonyl (C=O) groups is 2. The van der Waals surface area contributed by atoms with Gasteiger partial charge < -0.3 is 10.6 Å². The Labute approximate surface area is 196 Å². The molecule has 8 heteroatoms. The molecule has 0 radical (unpaired) electrons. The number of rotatable bonds is 8. The lowest BCUT2D eigenvalue weighted by Gasteiger charge is -2.31. The van der Waals surface area contributed by atoms with Crippen molar-refractivity contribution in [2.75, 3.05) is 6.54 Å². The van der Waals surface area contributed by atoms with E-state index < -0.39 is 0 Å². The maximum Gasteiger partial charge on any atom is 0.271 e. The Bertz CT molecular complexity index is 939. The maximum atomic E-state index is 12.8. The third kappa shape index (κ3) is 6.21. The van der Waals surface area contributed by atoms with Crippen molar-refractivity contribution >= 4 is 46.4 Å². The summed E-state index contributed by atoms with van der Waals surface area (Å²) in [6.07, 6.45) is 10.7. The van der Waals surface area contributed by atoms with Gasteiger partial charge in [0.05, 0.1) is 14.9 Å². The largest absolute Gasteiger partial charge is 0.349 e. The van der Waals surface area contributed by atoms with Crippen LogP contribution in [-0.2, 0) is 6.42 Å². The number of nitrogens with zero attached hydrogens (tertiary/aromatic N) is 1. The van der Waals surface area contributed by atoms with Gasteiger partial charge in [0.15, 0.2) is 0 Å². The SMILES string of the molecule is O=C(NCC(NC(=O)c1ncc(Cl)cc1Cl)C1CCCCC1)c1ccc(CC2CC2)s1. The Kier molecular flexibility index (Phi) is 7.51. The van der Waals surface area contributed by atoms with Crippen molar-refractivity contribution in [2.24, 2.45) is 11.8 Å².